The van der Waals surface area contributed by atoms with Gasteiger partial charge < -0.3 is 36.7 Å². The zero-order chi connectivity index (χ0) is 35.3. The zero-order valence-electron chi connectivity index (χ0n) is 27.3. The van der Waals surface area contributed by atoms with Gasteiger partial charge in [0.2, 0.25) is 30.0 Å². The minimum Gasteiger partial charge on any atom is -0.370 e. The van der Waals surface area contributed by atoms with Crippen LogP contribution in [-0.2, 0) is 35.3 Å². The lowest BCUT2D eigenvalue weighted by Crippen LogP contribution is -2.50. The fourth-order valence-electron chi connectivity index (χ4n) is 6.25. The number of hydrogen-bond donors (Lipinski definition) is 4. The van der Waals surface area contributed by atoms with Gasteiger partial charge in [-0.25, -0.2) is 0 Å². The van der Waals surface area contributed by atoms with Gasteiger partial charge in [-0.1, -0.05) is 42.2 Å². The van der Waals surface area contributed by atoms with Crippen molar-refractivity contribution >= 4 is 42.2 Å². The van der Waals surface area contributed by atoms with Gasteiger partial charge in [-0.2, -0.15) is 0 Å². The largest absolute Gasteiger partial charge is 0.370 e. The third-order valence-electron chi connectivity index (χ3n) is 8.97. The number of nitrogens with zero attached hydrogens (tertiary/aromatic N) is 2. The number of hydrogen-bond acceptors (Lipinski definition) is 7. The van der Waals surface area contributed by atoms with Crippen molar-refractivity contribution in [2.45, 2.75) is 76.0 Å². The number of nitrogens with two attached hydrogens (primary N) is 2. The normalized spacial score (nSPS) is 16.0. The van der Waals surface area contributed by atoms with E-state index in [2.05, 4.69) is 22.5 Å². The van der Waals surface area contributed by atoms with Crippen LogP contribution in [0.1, 0.15) is 84.5 Å². The van der Waals surface area contributed by atoms with E-state index >= 15 is 0 Å². The lowest BCUT2D eigenvalue weighted by Gasteiger charge is -2.34. The van der Waals surface area contributed by atoms with Gasteiger partial charge in [0.05, 0.1) is 0 Å². The minimum atomic E-state index is -1.02. The third kappa shape index (κ3) is 9.76. The van der Waals surface area contributed by atoms with Crippen LogP contribution < -0.4 is 22.1 Å². The average Bonchev–Trinajstić information content (AvgIpc) is 3.42. The molecule has 0 aromatic heterocycles. The summed E-state index contributed by atoms with van der Waals surface area (Å²) in [5, 5.41) is 5.17. The summed E-state index contributed by atoms with van der Waals surface area (Å²) in [5.41, 5.74) is 13.3. The number of amides is 6. The summed E-state index contributed by atoms with van der Waals surface area (Å²) < 4.78 is 0. The number of rotatable bonds is 16. The Bertz CT molecular complexity index is 1610. The minimum absolute atomic E-state index is 0.00937. The molecule has 2 heterocycles. The van der Waals surface area contributed by atoms with Gasteiger partial charge in [0.1, 0.15) is 24.4 Å². The van der Waals surface area contributed by atoms with E-state index in [1.165, 1.54) is 4.90 Å². The first-order valence-corrected chi connectivity index (χ1v) is 16.4. The van der Waals surface area contributed by atoms with Crippen molar-refractivity contribution in [2.75, 3.05) is 13.1 Å². The molecule has 0 radical (unpaired) electrons. The number of likely N-dealkylation sites (tertiary alicyclic amines) is 1. The van der Waals surface area contributed by atoms with Gasteiger partial charge in [0.15, 0.2) is 0 Å². The summed E-state index contributed by atoms with van der Waals surface area (Å²) >= 11 is 0. The highest BCUT2D eigenvalue weighted by atomic mass is 16.2. The quantitative estimate of drug-likeness (QED) is 0.151. The number of piperidine rings is 1. The van der Waals surface area contributed by atoms with Crippen molar-refractivity contribution in [1.82, 2.24) is 20.4 Å². The molecule has 3 atom stereocenters. The molecular formula is C36H42N6O7. The van der Waals surface area contributed by atoms with Crippen molar-refractivity contribution in [2.24, 2.45) is 17.4 Å². The summed E-state index contributed by atoms with van der Waals surface area (Å²) in [4.78, 5) is 87.9. The summed E-state index contributed by atoms with van der Waals surface area (Å²) in [6, 6.07) is 11.4. The molecule has 0 aliphatic carbocycles. The Kier molecular flexibility index (Phi) is 13.0. The van der Waals surface area contributed by atoms with Crippen molar-refractivity contribution in [1.29, 1.82) is 0 Å². The first-order valence-electron chi connectivity index (χ1n) is 16.4. The Balaban J connectivity index is 1.31. The molecule has 0 bridgehead atoms. The number of nitrogens with one attached hydrogen (secondary N) is 2. The molecular weight excluding hydrogens is 628 g/mol. The van der Waals surface area contributed by atoms with Crippen LogP contribution in [0.4, 0.5) is 0 Å². The van der Waals surface area contributed by atoms with E-state index in [1.54, 1.807) is 41.3 Å². The smallest absolute Gasteiger partial charge is 0.255 e. The van der Waals surface area contributed by atoms with E-state index in [-0.39, 0.29) is 44.0 Å². The van der Waals surface area contributed by atoms with Gasteiger partial charge in [-0.3, -0.25) is 28.8 Å². The molecule has 6 N–H and O–H groups in total. The van der Waals surface area contributed by atoms with E-state index < -0.39 is 35.8 Å². The molecule has 2 aromatic carbocycles. The summed E-state index contributed by atoms with van der Waals surface area (Å²) in [6.45, 7) is 1.26. The third-order valence-corrected chi connectivity index (χ3v) is 8.97. The maximum absolute atomic E-state index is 13.7. The first-order chi connectivity index (χ1) is 23.6. The second kappa shape index (κ2) is 17.6. The highest BCUT2D eigenvalue weighted by molar-refractivity contribution is 6.01. The number of aldehydes is 1. The lowest BCUT2D eigenvalue weighted by atomic mass is 9.91. The van der Waals surface area contributed by atoms with Crippen LogP contribution in [0.3, 0.4) is 0 Å². The molecule has 1 unspecified atom stereocenters. The highest BCUT2D eigenvalue weighted by Crippen LogP contribution is 2.28. The summed E-state index contributed by atoms with van der Waals surface area (Å²) in [6.07, 6.45) is 4.36. The molecule has 1 saturated heterocycles. The molecule has 49 heavy (non-hydrogen) atoms. The number of primary amides is 2. The van der Waals surface area contributed by atoms with Crippen LogP contribution in [0.5, 0.6) is 0 Å². The number of fused-ring (bicyclic) bond motifs is 1. The fraction of sp³-hybridized carbons (Fsp3) is 0.417. The lowest BCUT2D eigenvalue weighted by molar-refractivity contribution is -0.138. The molecule has 4 rings (SSSR count). The van der Waals surface area contributed by atoms with E-state index in [4.69, 9.17) is 11.5 Å². The van der Waals surface area contributed by atoms with E-state index in [1.807, 2.05) is 12.1 Å². The second-order valence-electron chi connectivity index (χ2n) is 12.3. The van der Waals surface area contributed by atoms with Crippen LogP contribution >= 0.6 is 0 Å². The van der Waals surface area contributed by atoms with Gasteiger partial charge in [0, 0.05) is 50.0 Å². The van der Waals surface area contributed by atoms with Crippen molar-refractivity contribution < 1.29 is 33.6 Å². The van der Waals surface area contributed by atoms with Crippen molar-refractivity contribution in [3.05, 3.63) is 70.8 Å². The topological polar surface area (TPSA) is 202 Å². The van der Waals surface area contributed by atoms with E-state index in [9.17, 15) is 33.6 Å². The Morgan fingerprint density at radius 3 is 2.39 bits per heavy atom. The molecule has 2 aliphatic rings. The molecule has 6 amide bonds. The predicted molar refractivity (Wildman–Crippen MR) is 179 cm³/mol. The second-order valence-corrected chi connectivity index (χ2v) is 12.3. The van der Waals surface area contributed by atoms with Crippen molar-refractivity contribution in [3.63, 3.8) is 0 Å². The van der Waals surface area contributed by atoms with Gasteiger partial charge in [0.25, 0.3) is 5.91 Å². The molecule has 2 aliphatic heterocycles. The van der Waals surface area contributed by atoms with Crippen LogP contribution in [0, 0.1) is 17.8 Å². The summed E-state index contributed by atoms with van der Waals surface area (Å²) in [5.74, 6) is 4.38. The van der Waals surface area contributed by atoms with Crippen LogP contribution in [0.25, 0.3) is 0 Å². The average molecular weight is 671 g/mol. The number of carbonyl (C=O) groups is 7. The van der Waals surface area contributed by atoms with Crippen molar-refractivity contribution in [3.8, 4) is 11.8 Å². The van der Waals surface area contributed by atoms with Gasteiger partial charge in [-0.15, -0.1) is 0 Å². The maximum atomic E-state index is 13.7. The monoisotopic (exact) mass is 670 g/mol. The summed E-state index contributed by atoms with van der Waals surface area (Å²) in [7, 11) is 0. The van der Waals surface area contributed by atoms with E-state index in [0.29, 0.717) is 49.3 Å². The van der Waals surface area contributed by atoms with Gasteiger partial charge in [-0.05, 0) is 67.3 Å². The molecule has 0 spiro atoms. The highest BCUT2D eigenvalue weighted by Gasteiger charge is 2.35. The van der Waals surface area contributed by atoms with E-state index in [0.717, 1.165) is 30.4 Å². The van der Waals surface area contributed by atoms with Crippen LogP contribution in [0.15, 0.2) is 48.5 Å². The molecule has 13 nitrogen and oxygen atoms in total. The van der Waals surface area contributed by atoms with Gasteiger partial charge >= 0.3 is 0 Å². The molecule has 0 saturated carbocycles. The Labute approximate surface area is 285 Å². The maximum Gasteiger partial charge on any atom is 0.255 e. The predicted octanol–water partition coefficient (Wildman–Crippen LogP) is 1.08. The molecule has 13 heteroatoms. The Morgan fingerprint density at radius 2 is 1.73 bits per heavy atom. The SMILES string of the molecule is NC(=O)CC[C@H](NC=O)C(=O)N[C@H](C(=O)N1CCC(CCC#Cc2ccc3c(c2)CN(C(CCC=O)C(N)=O)C3=O)CC1)c1ccccc1. The number of benzene rings is 2. The molecule has 1 fully saturated rings. The Hall–Kier alpha value is -5.51. The number of carbonyl (C=O) groups excluding carboxylic acids is 7. The fourth-order valence-corrected chi connectivity index (χ4v) is 6.25. The Morgan fingerprint density at radius 1 is 1.00 bits per heavy atom. The standard InChI is InChI=1S/C36H42N6O7/c37-31(45)15-14-29(39-23-44)34(47)40-32(26-9-2-1-3-10-26)36(49)41-18-16-24(17-19-41)7-4-5-8-25-12-13-28-27(21-25)22-42(35(28)48)30(33(38)46)11-6-20-43/h1-3,9-10,12-13,20-21,23-24,29-30,32H,4,6-7,11,14-19,22H2,(H2,37,45)(H2,38,46)(H,39,44)(H,40,47)/t29-,30?,32-/m0/s1. The zero-order valence-corrected chi connectivity index (χ0v) is 27.3. The first kappa shape index (κ1) is 36.3. The van der Waals surface area contributed by atoms with Crippen LogP contribution in [0.2, 0.25) is 0 Å². The van der Waals surface area contributed by atoms with Crippen LogP contribution in [-0.4, -0.2) is 77.2 Å². The molecule has 258 valence electrons. The molecule has 2 aromatic rings.